The van der Waals surface area contributed by atoms with Gasteiger partial charge in [-0.3, -0.25) is 9.59 Å². The van der Waals surface area contributed by atoms with Crippen LogP contribution < -0.4 is 0 Å². The zero-order chi connectivity index (χ0) is 20.7. The highest BCUT2D eigenvalue weighted by Gasteiger charge is 2.53. The second-order valence-electron chi connectivity index (χ2n) is 7.68. The van der Waals surface area contributed by atoms with E-state index in [0.717, 1.165) is 12.8 Å². The van der Waals surface area contributed by atoms with E-state index in [-0.39, 0.29) is 29.1 Å². The molecule has 3 rings (SSSR count). The van der Waals surface area contributed by atoms with E-state index in [4.69, 9.17) is 37.5 Å². The molecule has 0 unspecified atom stereocenters. The summed E-state index contributed by atoms with van der Waals surface area (Å²) in [6, 6.07) is 4.80. The largest absolute Gasteiger partial charge is 0.427 e. The van der Waals surface area contributed by atoms with E-state index in [9.17, 15) is 9.59 Å². The molecule has 1 fully saturated rings. The van der Waals surface area contributed by atoms with Crippen LogP contribution in [0.15, 0.2) is 24.0 Å². The molecule has 0 N–H and O–H groups in total. The maximum absolute atomic E-state index is 13.2. The molecule has 0 aromatic heterocycles. The van der Waals surface area contributed by atoms with Gasteiger partial charge in [-0.1, -0.05) is 29.3 Å². The van der Waals surface area contributed by atoms with Crippen LogP contribution in [0.3, 0.4) is 0 Å². The maximum Gasteiger partial charge on any atom is 0.316 e. The van der Waals surface area contributed by atoms with Gasteiger partial charge in [-0.2, -0.15) is 0 Å². The van der Waals surface area contributed by atoms with E-state index in [1.165, 1.54) is 11.1 Å². The Morgan fingerprint density at radius 2 is 1.89 bits per heavy atom. The Labute approximate surface area is 174 Å². The first-order valence-electron chi connectivity index (χ1n) is 9.09. The molecule has 1 aliphatic carbocycles. The van der Waals surface area contributed by atoms with Gasteiger partial charge < -0.3 is 9.47 Å². The topological polar surface area (TPSA) is 65.1 Å². The zero-order valence-corrected chi connectivity index (χ0v) is 17.8. The van der Waals surface area contributed by atoms with Crippen LogP contribution >= 0.6 is 23.2 Å². The summed E-state index contributed by atoms with van der Waals surface area (Å²) in [4.78, 5) is 31.4. The van der Waals surface area contributed by atoms with Crippen molar-refractivity contribution in [3.05, 3.63) is 39.6 Å². The number of hydroxylamine groups is 2. The van der Waals surface area contributed by atoms with Gasteiger partial charge in [-0.15, -0.1) is 0 Å². The first kappa shape index (κ1) is 21.1. The minimum Gasteiger partial charge on any atom is -0.427 e. The monoisotopic (exact) mass is 427 g/mol. The van der Waals surface area contributed by atoms with Gasteiger partial charge in [-0.05, 0) is 52.7 Å². The zero-order valence-electron chi connectivity index (χ0n) is 16.3. The fourth-order valence-corrected chi connectivity index (χ4v) is 3.46. The lowest BCUT2D eigenvalue weighted by Crippen LogP contribution is -2.44. The number of carbonyl (C=O) groups excluding carboxylic acids is 2. The van der Waals surface area contributed by atoms with Crippen molar-refractivity contribution in [2.45, 2.75) is 46.1 Å². The molecule has 1 amide bonds. The van der Waals surface area contributed by atoms with Crippen LogP contribution in [0.5, 0.6) is 0 Å². The summed E-state index contributed by atoms with van der Waals surface area (Å²) in [5, 5.41) is 1.89. The van der Waals surface area contributed by atoms with Gasteiger partial charge in [-0.25, -0.2) is 9.90 Å². The van der Waals surface area contributed by atoms with Crippen molar-refractivity contribution < 1.29 is 23.9 Å². The van der Waals surface area contributed by atoms with E-state index in [2.05, 4.69) is 0 Å². The van der Waals surface area contributed by atoms with Crippen LogP contribution in [0, 0.1) is 5.41 Å². The molecular weight excluding hydrogens is 405 g/mol. The molecule has 152 valence electrons. The van der Waals surface area contributed by atoms with Gasteiger partial charge in [0, 0.05) is 17.2 Å². The molecule has 0 spiro atoms. The third-order valence-electron chi connectivity index (χ3n) is 5.05. The van der Waals surface area contributed by atoms with Gasteiger partial charge in [0.15, 0.2) is 6.79 Å². The molecule has 8 heteroatoms. The molecule has 1 aromatic rings. The standard InChI is InChI=1S/C20H23Cl2NO5/c1-5-26-11-27-23-17(24)15(13-7-6-12(21)10-14(13)22)16(19(23,2)3)28-18(25)20(4)8-9-20/h6-7,10H,5,8-9,11H2,1-4H3. The molecule has 0 bridgehead atoms. The summed E-state index contributed by atoms with van der Waals surface area (Å²) in [7, 11) is 0. The number of benzene rings is 1. The highest BCUT2D eigenvalue weighted by Crippen LogP contribution is 2.49. The molecule has 0 atom stereocenters. The van der Waals surface area contributed by atoms with Crippen molar-refractivity contribution in [3.8, 4) is 0 Å². The third kappa shape index (κ3) is 3.79. The van der Waals surface area contributed by atoms with Crippen molar-refractivity contribution >= 4 is 40.7 Å². The first-order valence-corrected chi connectivity index (χ1v) is 9.85. The summed E-state index contributed by atoms with van der Waals surface area (Å²) in [6.07, 6.45) is 1.52. The van der Waals surface area contributed by atoms with Crippen LogP contribution in [-0.2, 0) is 23.9 Å². The summed E-state index contributed by atoms with van der Waals surface area (Å²) in [5.41, 5.74) is -0.940. The van der Waals surface area contributed by atoms with E-state index < -0.39 is 16.9 Å². The van der Waals surface area contributed by atoms with E-state index in [0.29, 0.717) is 17.2 Å². The molecule has 0 radical (unpaired) electrons. The van der Waals surface area contributed by atoms with Crippen molar-refractivity contribution in [1.29, 1.82) is 0 Å². The van der Waals surface area contributed by atoms with Crippen LogP contribution in [0.25, 0.3) is 5.57 Å². The predicted molar refractivity (Wildman–Crippen MR) is 105 cm³/mol. The number of halogens is 2. The summed E-state index contributed by atoms with van der Waals surface area (Å²) < 4.78 is 11.0. The SMILES string of the molecule is CCOCON1C(=O)C(c2ccc(Cl)cc2Cl)=C(OC(=O)C2(C)CC2)C1(C)C. The summed E-state index contributed by atoms with van der Waals surface area (Å²) >= 11 is 12.3. The number of esters is 1. The molecule has 1 aromatic carbocycles. The number of hydrogen-bond acceptors (Lipinski definition) is 5. The fourth-order valence-electron chi connectivity index (χ4n) is 2.96. The molecule has 6 nitrogen and oxygen atoms in total. The average Bonchev–Trinajstić information content (AvgIpc) is 3.34. The number of rotatable bonds is 7. The molecular formula is C20H23Cl2NO5. The Bertz CT molecular complexity index is 845. The molecule has 0 saturated heterocycles. The second kappa shape index (κ2) is 7.67. The molecule has 1 aliphatic heterocycles. The highest BCUT2D eigenvalue weighted by molar-refractivity contribution is 6.37. The van der Waals surface area contributed by atoms with E-state index >= 15 is 0 Å². The number of ether oxygens (including phenoxy) is 2. The lowest BCUT2D eigenvalue weighted by Gasteiger charge is -2.31. The Hall–Kier alpha value is -1.60. The lowest BCUT2D eigenvalue weighted by molar-refractivity contribution is -0.243. The number of amides is 1. The van der Waals surface area contributed by atoms with Crippen LogP contribution in [0.1, 0.15) is 46.1 Å². The first-order chi connectivity index (χ1) is 13.1. The van der Waals surface area contributed by atoms with Gasteiger partial charge in [0.05, 0.1) is 16.0 Å². The van der Waals surface area contributed by atoms with Crippen molar-refractivity contribution in [2.75, 3.05) is 13.4 Å². The Morgan fingerprint density at radius 3 is 2.46 bits per heavy atom. The normalized spacial score (nSPS) is 19.9. The Kier molecular flexibility index (Phi) is 5.79. The van der Waals surface area contributed by atoms with Gasteiger partial charge in [0.25, 0.3) is 5.91 Å². The van der Waals surface area contributed by atoms with Crippen LogP contribution in [0.2, 0.25) is 10.0 Å². The van der Waals surface area contributed by atoms with Crippen LogP contribution in [-0.4, -0.2) is 35.9 Å². The Balaban J connectivity index is 2.05. The average molecular weight is 428 g/mol. The van der Waals surface area contributed by atoms with Crippen molar-refractivity contribution in [1.82, 2.24) is 5.06 Å². The minimum absolute atomic E-state index is 0.105. The third-order valence-corrected chi connectivity index (χ3v) is 5.59. The molecule has 1 saturated carbocycles. The maximum atomic E-state index is 13.2. The molecule has 2 aliphatic rings. The fraction of sp³-hybridized carbons (Fsp3) is 0.500. The smallest absolute Gasteiger partial charge is 0.316 e. The highest BCUT2D eigenvalue weighted by atomic mass is 35.5. The van der Waals surface area contributed by atoms with E-state index in [1.54, 1.807) is 26.0 Å². The van der Waals surface area contributed by atoms with Crippen LogP contribution in [0.4, 0.5) is 0 Å². The molecule has 1 heterocycles. The van der Waals surface area contributed by atoms with E-state index in [1.807, 2.05) is 13.8 Å². The van der Waals surface area contributed by atoms with Crippen molar-refractivity contribution in [2.24, 2.45) is 5.41 Å². The lowest BCUT2D eigenvalue weighted by atomic mass is 9.98. The molecule has 28 heavy (non-hydrogen) atoms. The Morgan fingerprint density at radius 1 is 1.21 bits per heavy atom. The quantitative estimate of drug-likeness (QED) is 0.361. The predicted octanol–water partition coefficient (Wildman–Crippen LogP) is 4.59. The van der Waals surface area contributed by atoms with Gasteiger partial charge in [0.1, 0.15) is 11.3 Å². The number of carbonyl (C=O) groups is 2. The number of nitrogens with zero attached hydrogens (tertiary/aromatic N) is 1. The second-order valence-corrected chi connectivity index (χ2v) is 8.52. The summed E-state index contributed by atoms with van der Waals surface area (Å²) in [6.45, 7) is 7.48. The number of hydrogen-bond donors (Lipinski definition) is 0. The van der Waals surface area contributed by atoms with Gasteiger partial charge >= 0.3 is 5.97 Å². The van der Waals surface area contributed by atoms with Crippen molar-refractivity contribution in [3.63, 3.8) is 0 Å². The van der Waals surface area contributed by atoms with Gasteiger partial charge in [0.2, 0.25) is 0 Å². The minimum atomic E-state index is -1.03. The summed E-state index contributed by atoms with van der Waals surface area (Å²) in [5.74, 6) is -0.619.